The van der Waals surface area contributed by atoms with Gasteiger partial charge in [0.1, 0.15) is 0 Å². The van der Waals surface area contributed by atoms with Crippen molar-refractivity contribution in [2.24, 2.45) is 0 Å². The molecule has 16 heavy (non-hydrogen) atoms. The van der Waals surface area contributed by atoms with Crippen LogP contribution in [0.5, 0.6) is 5.75 Å². The van der Waals surface area contributed by atoms with Crippen molar-refractivity contribution < 1.29 is 4.74 Å². The average molecular weight is 214 g/mol. The molecular weight excluding hydrogens is 199 g/mol. The zero-order valence-electron chi connectivity index (χ0n) is 9.55. The van der Waals surface area contributed by atoms with Gasteiger partial charge < -0.3 is 0 Å². The van der Waals surface area contributed by atoms with E-state index in [0.29, 0.717) is 0 Å². The first-order valence-electron chi connectivity index (χ1n) is 5.74. The fraction of sp³-hybridized carbons (Fsp3) is 0.500. The topological polar surface area (TPSA) is 34.1 Å². The maximum atomic E-state index is 5.56. The Labute approximate surface area is 96.1 Å². The zero-order chi connectivity index (χ0) is 11.2. The summed E-state index contributed by atoms with van der Waals surface area (Å²) in [5, 5.41) is 3.39. The van der Waals surface area contributed by atoms with Gasteiger partial charge in [0.15, 0.2) is 0 Å². The number of pyridine rings is 1. The molecule has 0 aromatic carbocycles. The predicted octanol–water partition coefficient (Wildman–Crippen LogP) is 0.699. The molecule has 0 saturated heterocycles. The number of aromatic nitrogens is 1. The predicted molar refractivity (Wildman–Crippen MR) is 67.3 cm³/mol. The standard InChI is InChI=1S/C12H15BN2O/c1-13-8-6-14-11-9(10(8)16-2)12(7-15-11)4-3-5-12/h6H,1,3-5,7H2,2H3,(H,14,15). The van der Waals surface area contributed by atoms with E-state index in [1.54, 1.807) is 7.11 Å². The Morgan fingerprint density at radius 3 is 2.94 bits per heavy atom. The van der Waals surface area contributed by atoms with Gasteiger partial charge in [0.2, 0.25) is 0 Å². The summed E-state index contributed by atoms with van der Waals surface area (Å²) < 4.78 is 5.56. The van der Waals surface area contributed by atoms with Crippen molar-refractivity contribution in [2.45, 2.75) is 24.7 Å². The Bertz CT molecular complexity index is 455. The number of nitrogens with zero attached hydrogens (tertiary/aromatic N) is 1. The van der Waals surface area contributed by atoms with Crippen LogP contribution < -0.4 is 15.5 Å². The van der Waals surface area contributed by atoms with Crippen LogP contribution in [-0.2, 0) is 5.41 Å². The van der Waals surface area contributed by atoms with Gasteiger partial charge in [0, 0.05) is 0 Å². The van der Waals surface area contributed by atoms with Gasteiger partial charge in [0.05, 0.1) is 0 Å². The van der Waals surface area contributed by atoms with Crippen molar-refractivity contribution >= 4 is 24.7 Å². The molecule has 1 saturated carbocycles. The van der Waals surface area contributed by atoms with Crippen LogP contribution in [0.15, 0.2) is 6.20 Å². The van der Waals surface area contributed by atoms with Gasteiger partial charge >= 0.3 is 95.6 Å². The van der Waals surface area contributed by atoms with Gasteiger partial charge in [0.25, 0.3) is 0 Å². The van der Waals surface area contributed by atoms with Crippen molar-refractivity contribution in [3.63, 3.8) is 0 Å². The summed E-state index contributed by atoms with van der Waals surface area (Å²) in [6.45, 7) is 6.64. The second-order valence-corrected chi connectivity index (χ2v) is 4.66. The van der Waals surface area contributed by atoms with Crippen LogP contribution in [0.2, 0.25) is 0 Å². The SMILES string of the molecule is C=Bc1cnc2c(c1OC)C1(CCC1)CN2. The molecule has 0 bridgehead atoms. The summed E-state index contributed by atoms with van der Waals surface area (Å²) in [5.74, 6) is 1.96. The molecule has 1 N–H and O–H groups in total. The van der Waals surface area contributed by atoms with Crippen LogP contribution in [0.1, 0.15) is 24.8 Å². The van der Waals surface area contributed by atoms with Gasteiger partial charge in [-0.3, -0.25) is 0 Å². The third kappa shape index (κ3) is 1.10. The number of nitrogens with one attached hydrogen (secondary N) is 1. The average Bonchev–Trinajstić information content (AvgIpc) is 2.66. The van der Waals surface area contributed by atoms with Gasteiger partial charge in [-0.15, -0.1) is 0 Å². The fourth-order valence-electron chi connectivity index (χ4n) is 2.87. The molecule has 0 unspecified atom stereocenters. The van der Waals surface area contributed by atoms with E-state index < -0.39 is 0 Å². The molecule has 82 valence electrons. The molecular formula is C12H15BN2O. The Morgan fingerprint density at radius 2 is 2.38 bits per heavy atom. The van der Waals surface area contributed by atoms with Crippen LogP contribution in [0.25, 0.3) is 0 Å². The number of fused-ring (bicyclic) bond motifs is 2. The van der Waals surface area contributed by atoms with Gasteiger partial charge in [-0.05, 0) is 0 Å². The molecule has 0 amide bonds. The third-order valence-electron chi connectivity index (χ3n) is 3.92. The first-order chi connectivity index (χ1) is 7.80. The first kappa shape index (κ1) is 9.88. The van der Waals surface area contributed by atoms with Crippen molar-refractivity contribution in [3.8, 4) is 5.75 Å². The molecule has 2 aliphatic rings. The molecule has 4 heteroatoms. The number of hydrogen-bond acceptors (Lipinski definition) is 3. The van der Waals surface area contributed by atoms with Crippen LogP contribution in [-0.4, -0.2) is 32.0 Å². The Hall–Kier alpha value is -1.32. The molecule has 3 rings (SSSR count). The summed E-state index contributed by atoms with van der Waals surface area (Å²) >= 11 is 0. The van der Waals surface area contributed by atoms with Gasteiger partial charge in [-0.1, -0.05) is 0 Å². The summed E-state index contributed by atoms with van der Waals surface area (Å²) in [4.78, 5) is 4.45. The maximum absolute atomic E-state index is 5.56. The number of hydrogen-bond donors (Lipinski definition) is 1. The third-order valence-corrected chi connectivity index (χ3v) is 3.92. The minimum atomic E-state index is 0.284. The van der Waals surface area contributed by atoms with E-state index in [1.807, 2.05) is 13.1 Å². The number of ether oxygens (including phenoxy) is 1. The Balaban J connectivity index is 2.21. The van der Waals surface area contributed by atoms with E-state index in [9.17, 15) is 0 Å². The number of methoxy groups -OCH3 is 1. The van der Waals surface area contributed by atoms with Crippen molar-refractivity contribution in [1.82, 2.24) is 4.98 Å². The molecule has 3 nitrogen and oxygen atoms in total. The van der Waals surface area contributed by atoms with E-state index in [4.69, 9.17) is 4.74 Å². The van der Waals surface area contributed by atoms with Crippen molar-refractivity contribution in [2.75, 3.05) is 19.0 Å². The van der Waals surface area contributed by atoms with Crippen LogP contribution >= 0.6 is 0 Å². The minimum absolute atomic E-state index is 0.284. The first-order valence-corrected chi connectivity index (χ1v) is 5.74. The summed E-state index contributed by atoms with van der Waals surface area (Å²) in [7, 11) is 1.73. The molecule has 1 aliphatic heterocycles. The van der Waals surface area contributed by atoms with Crippen molar-refractivity contribution in [1.29, 1.82) is 0 Å². The fourth-order valence-corrected chi connectivity index (χ4v) is 2.87. The van der Waals surface area contributed by atoms with E-state index in [0.717, 1.165) is 23.6 Å². The number of rotatable bonds is 2. The van der Waals surface area contributed by atoms with E-state index in [2.05, 4.69) is 16.8 Å². The monoisotopic (exact) mass is 214 g/mol. The van der Waals surface area contributed by atoms with Crippen molar-refractivity contribution in [3.05, 3.63) is 11.8 Å². The van der Waals surface area contributed by atoms with Gasteiger partial charge in [-0.25, -0.2) is 0 Å². The summed E-state index contributed by atoms with van der Waals surface area (Å²) in [5.41, 5.74) is 2.56. The Kier molecular flexibility index (Phi) is 2.06. The second kappa shape index (κ2) is 3.34. The molecule has 2 heterocycles. The zero-order valence-corrected chi connectivity index (χ0v) is 9.55. The summed E-state index contributed by atoms with van der Waals surface area (Å²) in [6, 6.07) is 0. The van der Waals surface area contributed by atoms with E-state index in [-0.39, 0.29) is 5.41 Å². The Morgan fingerprint density at radius 1 is 1.56 bits per heavy atom. The normalized spacial score (nSPS) is 19.6. The number of anilines is 1. The van der Waals surface area contributed by atoms with E-state index in [1.165, 1.54) is 24.8 Å². The summed E-state index contributed by atoms with van der Waals surface area (Å²) in [6.07, 6.45) is 5.62. The molecule has 1 aromatic rings. The van der Waals surface area contributed by atoms with Gasteiger partial charge in [-0.2, -0.15) is 0 Å². The van der Waals surface area contributed by atoms with Crippen LogP contribution in [0.4, 0.5) is 5.82 Å². The van der Waals surface area contributed by atoms with E-state index >= 15 is 0 Å². The molecule has 1 spiro atoms. The molecule has 1 fully saturated rings. The molecule has 0 atom stereocenters. The van der Waals surface area contributed by atoms with Crippen LogP contribution in [0, 0.1) is 0 Å². The molecule has 0 radical (unpaired) electrons. The van der Waals surface area contributed by atoms with Crippen LogP contribution in [0.3, 0.4) is 0 Å². The molecule has 1 aromatic heterocycles. The molecule has 1 aliphatic carbocycles. The quantitative estimate of drug-likeness (QED) is 0.736. The second-order valence-electron chi connectivity index (χ2n) is 4.66.